The van der Waals surface area contributed by atoms with Crippen LogP contribution in [0.1, 0.15) is 46.1 Å². The number of benzene rings is 1. The third kappa shape index (κ3) is 5.71. The van der Waals surface area contributed by atoms with Gasteiger partial charge in [0.05, 0.1) is 11.5 Å². The maximum absolute atomic E-state index is 12.3. The third-order valence-corrected chi connectivity index (χ3v) is 5.68. The molecule has 2 rings (SSSR count). The lowest BCUT2D eigenvalue weighted by atomic mass is 9.93. The summed E-state index contributed by atoms with van der Waals surface area (Å²) < 4.78 is 35.3. The van der Waals surface area contributed by atoms with E-state index in [2.05, 4.69) is 0 Å². The molecule has 26 heavy (non-hydrogen) atoms. The van der Waals surface area contributed by atoms with Crippen molar-refractivity contribution >= 4 is 16.2 Å². The Bertz CT molecular complexity index is 721. The Kier molecular flexibility index (Phi) is 6.34. The number of aryl methyl sites for hydroxylation is 1. The summed E-state index contributed by atoms with van der Waals surface area (Å²) in [5.41, 5.74) is 0.464. The van der Waals surface area contributed by atoms with E-state index in [0.29, 0.717) is 19.4 Å². The molecule has 1 aromatic carbocycles. The van der Waals surface area contributed by atoms with E-state index >= 15 is 0 Å². The van der Waals surface area contributed by atoms with Crippen LogP contribution in [0.4, 0.5) is 4.79 Å². The Hall–Kier alpha value is -1.60. The van der Waals surface area contributed by atoms with Crippen molar-refractivity contribution in [3.8, 4) is 0 Å². The molecule has 1 fully saturated rings. The minimum atomic E-state index is -3.75. The van der Waals surface area contributed by atoms with Crippen molar-refractivity contribution < 1.29 is 22.1 Å². The molecule has 1 aromatic rings. The summed E-state index contributed by atoms with van der Waals surface area (Å²) in [5, 5.41) is 0. The molecule has 146 valence electrons. The van der Waals surface area contributed by atoms with E-state index in [0.717, 1.165) is 5.56 Å². The fourth-order valence-electron chi connectivity index (χ4n) is 2.97. The zero-order chi connectivity index (χ0) is 19.5. The fraction of sp³-hybridized carbons (Fsp3) is 0.632. The maximum atomic E-state index is 12.3. The van der Waals surface area contributed by atoms with E-state index in [1.807, 2.05) is 34.6 Å². The Morgan fingerprint density at radius 1 is 1.23 bits per heavy atom. The molecule has 0 radical (unpaired) electrons. The van der Waals surface area contributed by atoms with Crippen LogP contribution in [-0.2, 0) is 19.0 Å². The molecule has 2 unspecified atom stereocenters. The van der Waals surface area contributed by atoms with Gasteiger partial charge in [0.2, 0.25) is 0 Å². The average Bonchev–Trinajstić information content (AvgIpc) is 2.52. The molecule has 1 aliphatic heterocycles. The van der Waals surface area contributed by atoms with Gasteiger partial charge >= 0.3 is 6.09 Å². The molecule has 0 saturated carbocycles. The van der Waals surface area contributed by atoms with E-state index in [-0.39, 0.29) is 29.6 Å². The number of carbonyl (C=O) groups excluding carboxylic acids is 1. The van der Waals surface area contributed by atoms with E-state index < -0.39 is 15.7 Å². The van der Waals surface area contributed by atoms with Crippen molar-refractivity contribution in [1.29, 1.82) is 0 Å². The number of hydrogen-bond donors (Lipinski definition) is 0. The minimum absolute atomic E-state index is 0.0192. The Labute approximate surface area is 156 Å². The molecule has 1 amide bonds. The molecule has 0 bridgehead atoms. The number of likely N-dealkylation sites (tertiary alicyclic amines) is 1. The molecule has 6 nitrogen and oxygen atoms in total. The first-order chi connectivity index (χ1) is 12.0. The van der Waals surface area contributed by atoms with Gasteiger partial charge in [-0.1, -0.05) is 17.7 Å². The van der Waals surface area contributed by atoms with Crippen LogP contribution in [0.5, 0.6) is 0 Å². The van der Waals surface area contributed by atoms with Gasteiger partial charge in [-0.3, -0.25) is 4.18 Å². The summed E-state index contributed by atoms with van der Waals surface area (Å²) in [4.78, 5) is 14.1. The van der Waals surface area contributed by atoms with Gasteiger partial charge in [0.15, 0.2) is 0 Å². The number of piperidine rings is 1. The molecule has 2 atom stereocenters. The van der Waals surface area contributed by atoms with Crippen LogP contribution < -0.4 is 0 Å². The van der Waals surface area contributed by atoms with Gasteiger partial charge in [0.25, 0.3) is 10.1 Å². The summed E-state index contributed by atoms with van der Waals surface area (Å²) in [7, 11) is -3.75. The van der Waals surface area contributed by atoms with Gasteiger partial charge in [-0.15, -0.1) is 0 Å². The quantitative estimate of drug-likeness (QED) is 0.741. The predicted molar refractivity (Wildman–Crippen MR) is 99.4 cm³/mol. The van der Waals surface area contributed by atoms with Crippen molar-refractivity contribution in [1.82, 2.24) is 4.90 Å². The molecule has 0 spiro atoms. The van der Waals surface area contributed by atoms with Crippen LogP contribution in [0.15, 0.2) is 29.2 Å². The number of rotatable bonds is 4. The van der Waals surface area contributed by atoms with Crippen LogP contribution in [0, 0.1) is 12.8 Å². The second-order valence-electron chi connectivity index (χ2n) is 7.96. The van der Waals surface area contributed by atoms with Crippen molar-refractivity contribution in [2.45, 2.75) is 64.0 Å². The lowest BCUT2D eigenvalue weighted by Crippen LogP contribution is -2.47. The topological polar surface area (TPSA) is 72.9 Å². The van der Waals surface area contributed by atoms with Crippen LogP contribution in [0.3, 0.4) is 0 Å². The smallest absolute Gasteiger partial charge is 0.410 e. The Morgan fingerprint density at radius 3 is 2.38 bits per heavy atom. The zero-order valence-electron chi connectivity index (χ0n) is 16.2. The van der Waals surface area contributed by atoms with Crippen LogP contribution >= 0.6 is 0 Å². The van der Waals surface area contributed by atoms with E-state index in [4.69, 9.17) is 8.92 Å². The molecule has 1 heterocycles. The average molecular weight is 384 g/mol. The molecule has 0 N–H and O–H groups in total. The molecule has 1 aliphatic rings. The first-order valence-corrected chi connectivity index (χ1v) is 10.3. The minimum Gasteiger partial charge on any atom is -0.444 e. The van der Waals surface area contributed by atoms with E-state index in [9.17, 15) is 13.2 Å². The van der Waals surface area contributed by atoms with Crippen molar-refractivity contribution in [2.75, 3.05) is 13.2 Å². The standard InChI is InChI=1S/C19H29NO5S/c1-14-6-8-17(9-7-14)26(22,23)24-13-16-10-11-20(15(2)12-16)18(21)25-19(3,4)5/h6-9,15-16H,10-13H2,1-5H3. The van der Waals surface area contributed by atoms with Crippen LogP contribution in [-0.4, -0.2) is 44.2 Å². The van der Waals surface area contributed by atoms with Crippen molar-refractivity contribution in [3.05, 3.63) is 29.8 Å². The summed E-state index contributed by atoms with van der Waals surface area (Å²) >= 11 is 0. The molecule has 1 saturated heterocycles. The number of carbonyl (C=O) groups is 1. The van der Waals surface area contributed by atoms with Gasteiger partial charge in [-0.25, -0.2) is 4.79 Å². The normalized spacial score (nSPS) is 21.5. The highest BCUT2D eigenvalue weighted by Crippen LogP contribution is 2.26. The number of hydrogen-bond acceptors (Lipinski definition) is 5. The van der Waals surface area contributed by atoms with Gasteiger partial charge in [-0.2, -0.15) is 8.42 Å². The van der Waals surface area contributed by atoms with Gasteiger partial charge < -0.3 is 9.64 Å². The number of amides is 1. The first kappa shape index (κ1) is 20.7. The van der Waals surface area contributed by atoms with Crippen LogP contribution in [0.2, 0.25) is 0 Å². The first-order valence-electron chi connectivity index (χ1n) is 8.93. The Balaban J connectivity index is 1.89. The monoisotopic (exact) mass is 383 g/mol. The van der Waals surface area contributed by atoms with E-state index in [1.165, 1.54) is 0 Å². The van der Waals surface area contributed by atoms with Gasteiger partial charge in [0.1, 0.15) is 5.60 Å². The maximum Gasteiger partial charge on any atom is 0.410 e. The second kappa shape index (κ2) is 7.96. The molecule has 0 aromatic heterocycles. The highest BCUT2D eigenvalue weighted by molar-refractivity contribution is 7.86. The summed E-state index contributed by atoms with van der Waals surface area (Å²) in [5.74, 6) is 0.0870. The van der Waals surface area contributed by atoms with Gasteiger partial charge in [-0.05, 0) is 65.5 Å². The van der Waals surface area contributed by atoms with Gasteiger partial charge in [0, 0.05) is 12.6 Å². The molecular weight excluding hydrogens is 354 g/mol. The molecule has 0 aliphatic carbocycles. The zero-order valence-corrected chi connectivity index (χ0v) is 17.0. The number of ether oxygens (including phenoxy) is 1. The summed E-state index contributed by atoms with van der Waals surface area (Å²) in [6.07, 6.45) is 1.05. The summed E-state index contributed by atoms with van der Waals surface area (Å²) in [6.45, 7) is 10.0. The van der Waals surface area contributed by atoms with Crippen LogP contribution in [0.25, 0.3) is 0 Å². The fourth-order valence-corrected chi connectivity index (χ4v) is 3.95. The largest absolute Gasteiger partial charge is 0.444 e. The lowest BCUT2D eigenvalue weighted by molar-refractivity contribution is 0.00452. The van der Waals surface area contributed by atoms with Crippen molar-refractivity contribution in [2.24, 2.45) is 5.92 Å². The second-order valence-corrected chi connectivity index (χ2v) is 9.58. The van der Waals surface area contributed by atoms with E-state index in [1.54, 1.807) is 29.2 Å². The third-order valence-electron chi connectivity index (χ3n) is 4.38. The number of nitrogens with zero attached hydrogens (tertiary/aromatic N) is 1. The molecule has 7 heteroatoms. The summed E-state index contributed by atoms with van der Waals surface area (Å²) in [6, 6.07) is 6.58. The molecular formula is C19H29NO5S. The highest BCUT2D eigenvalue weighted by atomic mass is 32.2. The highest BCUT2D eigenvalue weighted by Gasteiger charge is 2.32. The van der Waals surface area contributed by atoms with Crippen molar-refractivity contribution in [3.63, 3.8) is 0 Å². The lowest BCUT2D eigenvalue weighted by Gasteiger charge is -2.38. The Morgan fingerprint density at radius 2 is 1.85 bits per heavy atom. The SMILES string of the molecule is Cc1ccc(S(=O)(=O)OCC2CCN(C(=O)OC(C)(C)C)C(C)C2)cc1. The predicted octanol–water partition coefficient (Wildman–Crippen LogP) is 3.74.